The molecule has 180 valence electrons. The molecular weight excluding hydrogens is 566 g/mol. The van der Waals surface area contributed by atoms with Gasteiger partial charge in [-0.25, -0.2) is 4.98 Å². The van der Waals surface area contributed by atoms with E-state index < -0.39 is 24.4 Å². The van der Waals surface area contributed by atoms with E-state index in [-0.39, 0.29) is 12.5 Å². The van der Waals surface area contributed by atoms with E-state index in [0.29, 0.717) is 11.2 Å². The highest BCUT2D eigenvalue weighted by Crippen LogP contribution is 2.37. The Hall–Kier alpha value is -1.67. The lowest BCUT2D eigenvalue weighted by atomic mass is 9.85. The molecule has 11 heteroatoms. The molecule has 1 amide bonds. The number of rotatable bonds is 6. The molecular formula is C23H28BIN4O4S. The highest BCUT2D eigenvalue weighted by atomic mass is 127. The maximum Gasteiger partial charge on any atom is 0.516 e. The quantitative estimate of drug-likeness (QED) is 0.344. The fraction of sp³-hybridized carbons (Fsp3) is 0.435. The van der Waals surface area contributed by atoms with Crippen LogP contribution >= 0.6 is 30.3 Å². The topological polar surface area (TPSA) is 89.7 Å². The highest BCUT2D eigenvalue weighted by Gasteiger charge is 2.52. The number of fused-ring (bicyclic) bond motifs is 1. The lowest BCUT2D eigenvalue weighted by molar-refractivity contribution is 0.00578. The average molecular weight is 594 g/mol. The van der Waals surface area contributed by atoms with Crippen LogP contribution in [-0.2, 0) is 9.31 Å². The van der Waals surface area contributed by atoms with E-state index in [1.807, 2.05) is 50.0 Å². The van der Waals surface area contributed by atoms with Crippen molar-refractivity contribution < 1.29 is 19.2 Å². The molecule has 0 bridgehead atoms. The second-order valence-electron chi connectivity index (χ2n) is 9.60. The SMILES string of the molecule is CC(O)CN(C)C(=O)c1ccc(-c2cn(SI)c3ncc(B4OC(C)(C)C(C)(C)O4)nc23)cc1. The summed E-state index contributed by atoms with van der Waals surface area (Å²) in [6, 6.07) is 7.40. The number of benzene rings is 1. The molecule has 1 saturated heterocycles. The fourth-order valence-corrected chi connectivity index (χ4v) is 5.06. The van der Waals surface area contributed by atoms with Crippen molar-refractivity contribution in [2.45, 2.75) is 51.9 Å². The third kappa shape index (κ3) is 4.72. The van der Waals surface area contributed by atoms with Gasteiger partial charge in [-0.15, -0.1) is 0 Å². The van der Waals surface area contributed by atoms with Crippen molar-refractivity contribution in [1.82, 2.24) is 18.8 Å². The van der Waals surface area contributed by atoms with Crippen LogP contribution in [0.5, 0.6) is 0 Å². The summed E-state index contributed by atoms with van der Waals surface area (Å²) in [5.74, 6) is -0.138. The van der Waals surface area contributed by atoms with Gasteiger partial charge in [0.25, 0.3) is 5.91 Å². The van der Waals surface area contributed by atoms with Crippen LogP contribution in [0.4, 0.5) is 0 Å². The molecule has 3 aromatic rings. The number of aromatic nitrogens is 3. The van der Waals surface area contributed by atoms with Gasteiger partial charge >= 0.3 is 7.12 Å². The molecule has 0 saturated carbocycles. The number of hydrogen-bond donors (Lipinski definition) is 1. The van der Waals surface area contributed by atoms with Gasteiger partial charge in [0, 0.05) is 67.4 Å². The van der Waals surface area contributed by atoms with Crippen LogP contribution < -0.4 is 5.59 Å². The normalized spacial score (nSPS) is 17.8. The van der Waals surface area contributed by atoms with Gasteiger partial charge in [0.1, 0.15) is 5.52 Å². The summed E-state index contributed by atoms with van der Waals surface area (Å²) in [6.45, 7) is 9.97. The molecule has 0 spiro atoms. The average Bonchev–Trinajstić information content (AvgIpc) is 3.25. The first-order valence-corrected chi connectivity index (χ1v) is 14.3. The molecule has 34 heavy (non-hydrogen) atoms. The van der Waals surface area contributed by atoms with Crippen LogP contribution in [0.1, 0.15) is 45.0 Å². The molecule has 1 N–H and O–H groups in total. The molecule has 1 fully saturated rings. The molecule has 0 aliphatic carbocycles. The smallest absolute Gasteiger partial charge is 0.398 e. The Morgan fingerprint density at radius 3 is 2.41 bits per heavy atom. The Balaban J connectivity index is 1.69. The minimum atomic E-state index is -0.602. The van der Waals surface area contributed by atoms with E-state index in [9.17, 15) is 9.90 Å². The van der Waals surface area contributed by atoms with Crippen LogP contribution in [0, 0.1) is 0 Å². The van der Waals surface area contributed by atoms with Gasteiger partial charge in [-0.3, -0.25) is 13.8 Å². The van der Waals surface area contributed by atoms with Gasteiger partial charge in [0.2, 0.25) is 0 Å². The maximum absolute atomic E-state index is 12.6. The number of nitrogens with zero attached hydrogens (tertiary/aromatic N) is 4. The molecule has 1 atom stereocenters. The predicted octanol–water partition coefficient (Wildman–Crippen LogP) is 3.70. The van der Waals surface area contributed by atoms with Crippen molar-refractivity contribution in [3.63, 3.8) is 0 Å². The molecule has 2 aromatic heterocycles. The van der Waals surface area contributed by atoms with Gasteiger partial charge < -0.3 is 19.3 Å². The number of amides is 1. The van der Waals surface area contributed by atoms with Crippen LogP contribution in [0.2, 0.25) is 0 Å². The fourth-order valence-electron chi connectivity index (χ4n) is 3.81. The van der Waals surface area contributed by atoms with Crippen molar-refractivity contribution in [2.75, 3.05) is 13.6 Å². The van der Waals surface area contributed by atoms with Crippen LogP contribution in [-0.4, -0.2) is 67.9 Å². The monoisotopic (exact) mass is 594 g/mol. The van der Waals surface area contributed by atoms with E-state index in [1.165, 1.54) is 14.0 Å². The molecule has 1 aliphatic heterocycles. The molecule has 1 unspecified atom stereocenters. The van der Waals surface area contributed by atoms with E-state index >= 15 is 0 Å². The summed E-state index contributed by atoms with van der Waals surface area (Å²) in [4.78, 5) is 23.7. The number of aliphatic hydroxyl groups is 1. The second kappa shape index (κ2) is 9.42. The summed E-state index contributed by atoms with van der Waals surface area (Å²) in [7, 11) is 2.59. The first-order chi connectivity index (χ1) is 15.9. The number of carbonyl (C=O) groups is 1. The van der Waals surface area contributed by atoms with Crippen molar-refractivity contribution in [1.29, 1.82) is 0 Å². The summed E-state index contributed by atoms with van der Waals surface area (Å²) in [6.07, 6.45) is 3.12. The zero-order valence-electron chi connectivity index (χ0n) is 20.1. The first kappa shape index (κ1) is 25.4. The molecule has 1 aromatic carbocycles. The van der Waals surface area contributed by atoms with E-state index in [0.717, 1.165) is 22.3 Å². The summed E-state index contributed by atoms with van der Waals surface area (Å²) < 4.78 is 14.3. The molecule has 3 heterocycles. The highest BCUT2D eigenvalue weighted by molar-refractivity contribution is 14.2. The summed E-state index contributed by atoms with van der Waals surface area (Å²) in [5.41, 5.74) is 3.55. The third-order valence-corrected chi connectivity index (χ3v) is 8.08. The number of halogens is 1. The van der Waals surface area contributed by atoms with Crippen molar-refractivity contribution in [3.05, 3.63) is 42.2 Å². The summed E-state index contributed by atoms with van der Waals surface area (Å²) in [5, 5.41) is 9.57. The number of carbonyl (C=O) groups excluding carboxylic acids is 1. The molecule has 4 rings (SSSR count). The third-order valence-electron chi connectivity index (χ3n) is 6.38. The second-order valence-corrected chi connectivity index (χ2v) is 11.3. The van der Waals surface area contributed by atoms with Gasteiger partial charge in [-0.05, 0) is 52.3 Å². The summed E-state index contributed by atoms with van der Waals surface area (Å²) >= 11 is 2.21. The Labute approximate surface area is 216 Å². The first-order valence-electron chi connectivity index (χ1n) is 11.0. The van der Waals surface area contributed by atoms with Crippen LogP contribution in [0.3, 0.4) is 0 Å². The predicted molar refractivity (Wildman–Crippen MR) is 144 cm³/mol. The minimum Gasteiger partial charge on any atom is -0.398 e. The van der Waals surface area contributed by atoms with Crippen molar-refractivity contribution >= 4 is 60.1 Å². The zero-order valence-corrected chi connectivity index (χ0v) is 23.0. The number of likely N-dealkylation sites (N-methyl/N-ethyl adjacent to an activating group) is 1. The van der Waals surface area contributed by atoms with Crippen LogP contribution in [0.15, 0.2) is 36.7 Å². The van der Waals surface area contributed by atoms with Gasteiger partial charge in [0.15, 0.2) is 5.65 Å². The van der Waals surface area contributed by atoms with Crippen molar-refractivity contribution in [2.24, 2.45) is 0 Å². The largest absolute Gasteiger partial charge is 0.516 e. The van der Waals surface area contributed by atoms with E-state index in [4.69, 9.17) is 14.3 Å². The number of aliphatic hydroxyl groups excluding tert-OH is 1. The molecule has 8 nitrogen and oxygen atoms in total. The Morgan fingerprint density at radius 1 is 1.24 bits per heavy atom. The Kier molecular flexibility index (Phi) is 7.04. The lowest BCUT2D eigenvalue weighted by Gasteiger charge is -2.32. The number of hydrogen-bond acceptors (Lipinski definition) is 7. The van der Waals surface area contributed by atoms with Gasteiger partial charge in [0.05, 0.1) is 22.9 Å². The van der Waals surface area contributed by atoms with E-state index in [1.54, 1.807) is 32.3 Å². The lowest BCUT2D eigenvalue weighted by Crippen LogP contribution is -2.41. The van der Waals surface area contributed by atoms with Crippen molar-refractivity contribution in [3.8, 4) is 11.1 Å². The Bertz CT molecular complexity index is 1200. The van der Waals surface area contributed by atoms with E-state index in [2.05, 4.69) is 26.2 Å². The maximum atomic E-state index is 12.6. The Morgan fingerprint density at radius 2 is 1.85 bits per heavy atom. The molecule has 0 radical (unpaired) electrons. The van der Waals surface area contributed by atoms with Crippen LogP contribution in [0.25, 0.3) is 22.3 Å². The minimum absolute atomic E-state index is 0.138. The molecule has 1 aliphatic rings. The van der Waals surface area contributed by atoms with Gasteiger partial charge in [-0.2, -0.15) is 0 Å². The zero-order chi connectivity index (χ0) is 24.8. The standard InChI is InChI=1S/C23H28BIN4O4S/c1-14(30)12-28(6)21(31)16-9-7-15(8-10-16)17-13-29(34-25)20-19(17)27-18(11-26-20)24-32-22(2,3)23(4,5)33-24/h7-11,13-14,30H,12H2,1-6H3. The van der Waals surface area contributed by atoms with Gasteiger partial charge in [-0.1, -0.05) is 12.1 Å².